The number of benzene rings is 1. The monoisotopic (exact) mass is 498 g/mol. The molecule has 0 saturated carbocycles. The largest absolute Gasteiger partial charge is 0.591 e. The maximum atomic E-state index is 13.3. The molecule has 1 N–H and O–H groups in total. The normalized spacial score (nSPS) is 19.6. The molecule has 35 heavy (non-hydrogen) atoms. The van der Waals surface area contributed by atoms with Crippen LogP contribution in [0, 0.1) is 5.82 Å². The van der Waals surface area contributed by atoms with Gasteiger partial charge in [-0.1, -0.05) is 12.1 Å². The van der Waals surface area contributed by atoms with Gasteiger partial charge in [-0.3, -0.25) is 4.90 Å². The Morgan fingerprint density at radius 2 is 1.74 bits per heavy atom. The van der Waals surface area contributed by atoms with Gasteiger partial charge in [-0.25, -0.2) is 19.3 Å². The first-order chi connectivity index (χ1) is 17.1. The minimum absolute atomic E-state index is 0.0599. The van der Waals surface area contributed by atoms with Gasteiger partial charge in [0, 0.05) is 52.0 Å². The first-order valence-corrected chi connectivity index (χ1v) is 13.1. The van der Waals surface area contributed by atoms with Crippen LogP contribution in [-0.2, 0) is 17.9 Å². The summed E-state index contributed by atoms with van der Waals surface area (Å²) in [5.41, 5.74) is 2.14. The first kappa shape index (κ1) is 24.1. The van der Waals surface area contributed by atoms with Gasteiger partial charge in [-0.15, -0.1) is 4.31 Å². The van der Waals surface area contributed by atoms with Crippen molar-refractivity contribution in [3.63, 3.8) is 0 Å². The molecule has 0 amide bonds. The number of nitrogens with one attached hydrogen (secondary N) is 1. The summed E-state index contributed by atoms with van der Waals surface area (Å²) in [5, 5.41) is 3.83. The van der Waals surface area contributed by atoms with Crippen LogP contribution in [0.15, 0.2) is 54.2 Å². The number of hydrogen-bond donors (Lipinski definition) is 1. The molecular formula is C24H31FN8OS. The smallest absolute Gasteiger partial charge is 0.284 e. The molecule has 1 aromatic carbocycles. The molecule has 2 aliphatic rings. The Hall–Kier alpha value is -2.57. The van der Waals surface area contributed by atoms with Crippen LogP contribution in [0.5, 0.6) is 0 Å². The molecule has 0 aliphatic carbocycles. The number of piperazine rings is 2. The quantitative estimate of drug-likeness (QED) is 0.493. The highest BCUT2D eigenvalue weighted by atomic mass is 32.2. The van der Waals surface area contributed by atoms with Gasteiger partial charge < -0.3 is 19.3 Å². The van der Waals surface area contributed by atoms with E-state index in [9.17, 15) is 8.94 Å². The molecule has 2 aliphatic heterocycles. The van der Waals surface area contributed by atoms with E-state index in [2.05, 4.69) is 41.6 Å². The van der Waals surface area contributed by atoms with Crippen LogP contribution in [0.25, 0.3) is 0 Å². The van der Waals surface area contributed by atoms with Crippen molar-refractivity contribution in [2.24, 2.45) is 0 Å². The van der Waals surface area contributed by atoms with Gasteiger partial charge in [-0.2, -0.15) is 0 Å². The summed E-state index contributed by atoms with van der Waals surface area (Å²) >= 11 is -1.32. The van der Waals surface area contributed by atoms with Crippen molar-refractivity contribution in [3.8, 4) is 0 Å². The van der Waals surface area contributed by atoms with Crippen LogP contribution < -0.4 is 10.2 Å². The number of halogens is 1. The van der Waals surface area contributed by atoms with Crippen LogP contribution in [0.4, 0.5) is 10.2 Å². The summed E-state index contributed by atoms with van der Waals surface area (Å²) in [6.07, 6.45) is 7.10. The summed E-state index contributed by atoms with van der Waals surface area (Å²) in [6.45, 7) is 9.50. The van der Waals surface area contributed by atoms with Crippen molar-refractivity contribution < 1.29 is 8.94 Å². The molecular weight excluding hydrogens is 467 g/mol. The standard InChI is InChI=1S/C24H31FN8OS/c1-19(20-2-4-21(25)5-3-20)33-18-27-14-22(33)17-30-10-12-32(13-11-30)35(34)24-16-28-23(15-29-24)31-8-6-26-7-9-31/h2-5,14-16,18-19,26H,6-13,17H2,1H3/t19-,35?/m1/s1. The Morgan fingerprint density at radius 1 is 1.00 bits per heavy atom. The highest BCUT2D eigenvalue weighted by Crippen LogP contribution is 2.22. The Kier molecular flexibility index (Phi) is 7.59. The van der Waals surface area contributed by atoms with Gasteiger partial charge in [0.05, 0.1) is 37.3 Å². The third-order valence-corrected chi connectivity index (χ3v) is 8.10. The summed E-state index contributed by atoms with van der Waals surface area (Å²) in [4.78, 5) is 17.9. The maximum absolute atomic E-state index is 13.3. The van der Waals surface area contributed by atoms with Crippen LogP contribution >= 0.6 is 0 Å². The average Bonchev–Trinajstić information content (AvgIpc) is 3.37. The van der Waals surface area contributed by atoms with Gasteiger partial charge in [0.2, 0.25) is 0 Å². The van der Waals surface area contributed by atoms with Crippen LogP contribution in [-0.4, -0.2) is 85.6 Å². The lowest BCUT2D eigenvalue weighted by Gasteiger charge is -2.34. The van der Waals surface area contributed by atoms with Crippen LogP contribution in [0.2, 0.25) is 0 Å². The van der Waals surface area contributed by atoms with Crippen molar-refractivity contribution in [1.82, 2.24) is 34.0 Å². The Balaban J connectivity index is 1.15. The average molecular weight is 499 g/mol. The van der Waals surface area contributed by atoms with Crippen LogP contribution in [0.1, 0.15) is 24.2 Å². The molecule has 186 valence electrons. The Morgan fingerprint density at radius 3 is 2.43 bits per heavy atom. The number of rotatable bonds is 7. The van der Waals surface area contributed by atoms with Crippen molar-refractivity contribution >= 4 is 17.2 Å². The number of imidazole rings is 1. The predicted molar refractivity (Wildman–Crippen MR) is 133 cm³/mol. The molecule has 2 fully saturated rings. The highest BCUT2D eigenvalue weighted by Gasteiger charge is 2.29. The second-order valence-electron chi connectivity index (χ2n) is 8.92. The zero-order valence-electron chi connectivity index (χ0n) is 19.9. The molecule has 0 spiro atoms. The number of hydrogen-bond acceptors (Lipinski definition) is 8. The molecule has 4 heterocycles. The fourth-order valence-electron chi connectivity index (χ4n) is 4.58. The second kappa shape index (κ2) is 11.0. The molecule has 0 radical (unpaired) electrons. The van der Waals surface area contributed by atoms with Crippen molar-refractivity contribution in [3.05, 3.63) is 66.3 Å². The van der Waals surface area contributed by atoms with E-state index < -0.39 is 11.4 Å². The van der Waals surface area contributed by atoms with Gasteiger partial charge in [0.25, 0.3) is 5.03 Å². The van der Waals surface area contributed by atoms with E-state index in [0.29, 0.717) is 18.1 Å². The third-order valence-electron chi connectivity index (χ3n) is 6.70. The third kappa shape index (κ3) is 5.65. The lowest BCUT2D eigenvalue weighted by atomic mass is 10.1. The van der Waals surface area contributed by atoms with Crippen molar-refractivity contribution in [1.29, 1.82) is 0 Å². The lowest BCUT2D eigenvalue weighted by molar-refractivity contribution is 0.177. The van der Waals surface area contributed by atoms with Gasteiger partial charge in [0.15, 0.2) is 0 Å². The Labute approximate surface area is 208 Å². The molecule has 2 aromatic heterocycles. The van der Waals surface area contributed by atoms with E-state index in [-0.39, 0.29) is 11.9 Å². The molecule has 2 saturated heterocycles. The van der Waals surface area contributed by atoms with E-state index in [1.807, 2.05) is 29.0 Å². The lowest BCUT2D eigenvalue weighted by Crippen LogP contribution is -2.48. The molecule has 11 heteroatoms. The number of nitrogens with zero attached hydrogens (tertiary/aromatic N) is 7. The number of anilines is 1. The van der Waals surface area contributed by atoms with Crippen LogP contribution in [0.3, 0.4) is 0 Å². The minimum Gasteiger partial charge on any atom is -0.591 e. The van der Waals surface area contributed by atoms with Gasteiger partial charge in [0.1, 0.15) is 29.2 Å². The number of aromatic nitrogens is 4. The first-order valence-electron chi connectivity index (χ1n) is 12.0. The van der Waals surface area contributed by atoms with E-state index >= 15 is 0 Å². The van der Waals surface area contributed by atoms with E-state index in [4.69, 9.17) is 0 Å². The summed E-state index contributed by atoms with van der Waals surface area (Å²) in [5.74, 6) is 0.604. The van der Waals surface area contributed by atoms with E-state index in [1.54, 1.807) is 12.4 Å². The minimum atomic E-state index is -1.32. The SMILES string of the molecule is C[C@H](c1ccc(F)cc1)n1cncc1CN1CCN([S+]([O-])c2cnc(N3CCNCC3)cn2)CC1. The molecule has 2 atom stereocenters. The summed E-state index contributed by atoms with van der Waals surface area (Å²) in [6, 6.07) is 6.67. The molecule has 1 unspecified atom stereocenters. The van der Waals surface area contributed by atoms with E-state index in [1.165, 1.54) is 12.1 Å². The Bertz CT molecular complexity index is 1080. The zero-order chi connectivity index (χ0) is 24.2. The predicted octanol–water partition coefficient (Wildman–Crippen LogP) is 1.67. The fraction of sp³-hybridized carbons (Fsp3) is 0.458. The van der Waals surface area contributed by atoms with Crippen molar-refractivity contribution in [2.75, 3.05) is 57.3 Å². The maximum Gasteiger partial charge on any atom is 0.284 e. The second-order valence-corrected chi connectivity index (χ2v) is 10.4. The highest BCUT2D eigenvalue weighted by molar-refractivity contribution is 7.89. The van der Waals surface area contributed by atoms with Gasteiger partial charge >= 0.3 is 0 Å². The molecule has 0 bridgehead atoms. The van der Waals surface area contributed by atoms with Gasteiger partial charge in [-0.05, 0) is 24.6 Å². The summed E-state index contributed by atoms with van der Waals surface area (Å²) in [7, 11) is 0. The van der Waals surface area contributed by atoms with E-state index in [0.717, 1.165) is 62.9 Å². The summed E-state index contributed by atoms with van der Waals surface area (Å²) < 4.78 is 30.5. The fourth-order valence-corrected chi connectivity index (χ4v) is 5.62. The zero-order valence-corrected chi connectivity index (χ0v) is 20.7. The van der Waals surface area contributed by atoms with Crippen molar-refractivity contribution in [2.45, 2.75) is 24.5 Å². The topological polar surface area (TPSA) is 88.4 Å². The molecule has 5 rings (SSSR count). The molecule has 3 aromatic rings. The molecule has 9 nitrogen and oxygen atoms in total.